The van der Waals surface area contributed by atoms with Crippen molar-refractivity contribution in [2.75, 3.05) is 25.2 Å². The second-order valence-corrected chi connectivity index (χ2v) is 6.49. The monoisotopic (exact) mass is 250 g/mol. The topological polar surface area (TPSA) is 29.5 Å². The van der Waals surface area contributed by atoms with Crippen molar-refractivity contribution in [3.05, 3.63) is 0 Å². The summed E-state index contributed by atoms with van der Waals surface area (Å²) in [5, 5.41) is 11.2. The van der Waals surface area contributed by atoms with Crippen molar-refractivity contribution in [3.63, 3.8) is 0 Å². The van der Waals surface area contributed by atoms with Crippen LogP contribution in [0.25, 0.3) is 0 Å². The molecule has 0 aromatic rings. The van der Waals surface area contributed by atoms with Gasteiger partial charge in [-0.05, 0) is 19.3 Å². The SMILES string of the molecule is CCC1SCCSC1C(O)CCCOC. The molecule has 3 unspecified atom stereocenters. The van der Waals surface area contributed by atoms with Crippen LogP contribution in [-0.2, 0) is 4.74 Å². The second-order valence-electron chi connectivity index (χ2n) is 3.86. The van der Waals surface area contributed by atoms with Crippen LogP contribution in [0.2, 0.25) is 0 Å². The second kappa shape index (κ2) is 7.82. The largest absolute Gasteiger partial charge is 0.392 e. The van der Waals surface area contributed by atoms with Crippen molar-refractivity contribution in [2.45, 2.75) is 42.8 Å². The Morgan fingerprint density at radius 1 is 1.40 bits per heavy atom. The highest BCUT2D eigenvalue weighted by Gasteiger charge is 2.30. The van der Waals surface area contributed by atoms with Gasteiger partial charge in [0.2, 0.25) is 0 Å². The summed E-state index contributed by atoms with van der Waals surface area (Å²) < 4.78 is 5.01. The highest BCUT2D eigenvalue weighted by molar-refractivity contribution is 8.07. The highest BCUT2D eigenvalue weighted by atomic mass is 32.2. The van der Waals surface area contributed by atoms with Gasteiger partial charge in [0.15, 0.2) is 0 Å². The first kappa shape index (κ1) is 13.7. The van der Waals surface area contributed by atoms with Gasteiger partial charge in [-0.15, -0.1) is 0 Å². The van der Waals surface area contributed by atoms with Crippen molar-refractivity contribution in [1.29, 1.82) is 0 Å². The molecule has 2 nitrogen and oxygen atoms in total. The summed E-state index contributed by atoms with van der Waals surface area (Å²) in [5.74, 6) is 2.43. The summed E-state index contributed by atoms with van der Waals surface area (Å²) in [7, 11) is 1.71. The van der Waals surface area contributed by atoms with Crippen LogP contribution in [-0.4, -0.2) is 46.9 Å². The van der Waals surface area contributed by atoms with E-state index in [1.165, 1.54) is 17.9 Å². The van der Waals surface area contributed by atoms with Crippen molar-refractivity contribution in [3.8, 4) is 0 Å². The third-order valence-electron chi connectivity index (χ3n) is 2.72. The molecule has 1 rings (SSSR count). The lowest BCUT2D eigenvalue weighted by atomic mass is 10.1. The number of ether oxygens (including phenoxy) is 1. The molecule has 0 saturated carbocycles. The minimum atomic E-state index is -0.150. The van der Waals surface area contributed by atoms with E-state index in [0.29, 0.717) is 10.5 Å². The molecule has 1 fully saturated rings. The number of methoxy groups -OCH3 is 1. The number of aliphatic hydroxyl groups excluding tert-OH is 1. The van der Waals surface area contributed by atoms with E-state index in [9.17, 15) is 5.11 Å². The van der Waals surface area contributed by atoms with E-state index >= 15 is 0 Å². The van der Waals surface area contributed by atoms with Gasteiger partial charge in [-0.25, -0.2) is 0 Å². The van der Waals surface area contributed by atoms with E-state index in [1.54, 1.807) is 7.11 Å². The molecule has 0 aromatic carbocycles. The molecule has 0 bridgehead atoms. The summed E-state index contributed by atoms with van der Waals surface area (Å²) >= 11 is 3.98. The van der Waals surface area contributed by atoms with Crippen molar-refractivity contribution in [2.24, 2.45) is 0 Å². The maximum atomic E-state index is 10.1. The molecule has 4 heteroatoms. The zero-order chi connectivity index (χ0) is 11.1. The van der Waals surface area contributed by atoms with E-state index in [4.69, 9.17) is 4.74 Å². The molecule has 90 valence electrons. The quantitative estimate of drug-likeness (QED) is 0.733. The molecule has 0 radical (unpaired) electrons. The van der Waals surface area contributed by atoms with Crippen molar-refractivity contribution < 1.29 is 9.84 Å². The zero-order valence-electron chi connectivity index (χ0n) is 9.65. The Hall–Kier alpha value is 0.620. The Kier molecular flexibility index (Phi) is 7.14. The fourth-order valence-electron chi connectivity index (χ4n) is 1.90. The van der Waals surface area contributed by atoms with Crippen molar-refractivity contribution >= 4 is 23.5 Å². The van der Waals surface area contributed by atoms with E-state index in [-0.39, 0.29) is 6.10 Å². The van der Waals surface area contributed by atoms with Gasteiger partial charge in [0.05, 0.1) is 6.10 Å². The summed E-state index contributed by atoms with van der Waals surface area (Å²) in [4.78, 5) is 0. The minimum Gasteiger partial charge on any atom is -0.392 e. The molecule has 15 heavy (non-hydrogen) atoms. The van der Waals surface area contributed by atoms with Crippen LogP contribution in [0.5, 0.6) is 0 Å². The molecule has 1 N–H and O–H groups in total. The van der Waals surface area contributed by atoms with Gasteiger partial charge in [-0.2, -0.15) is 23.5 Å². The highest BCUT2D eigenvalue weighted by Crippen LogP contribution is 2.36. The van der Waals surface area contributed by atoms with E-state index < -0.39 is 0 Å². The predicted octanol–water partition coefficient (Wildman–Crippen LogP) is 2.40. The average Bonchev–Trinajstić information content (AvgIpc) is 2.29. The van der Waals surface area contributed by atoms with Gasteiger partial charge in [0.25, 0.3) is 0 Å². The van der Waals surface area contributed by atoms with E-state index in [0.717, 1.165) is 19.4 Å². The smallest absolute Gasteiger partial charge is 0.0670 e. The predicted molar refractivity (Wildman–Crippen MR) is 69.9 cm³/mol. The van der Waals surface area contributed by atoms with Crippen LogP contribution < -0.4 is 0 Å². The van der Waals surface area contributed by atoms with Crippen LogP contribution in [0, 0.1) is 0 Å². The van der Waals surface area contributed by atoms with E-state index in [2.05, 4.69) is 6.92 Å². The van der Waals surface area contributed by atoms with Crippen LogP contribution in [0.3, 0.4) is 0 Å². The molecule has 1 aliphatic rings. The first-order valence-electron chi connectivity index (χ1n) is 5.69. The molecular weight excluding hydrogens is 228 g/mol. The molecule has 0 aromatic heterocycles. The van der Waals surface area contributed by atoms with Crippen LogP contribution in [0.1, 0.15) is 26.2 Å². The maximum absolute atomic E-state index is 10.1. The van der Waals surface area contributed by atoms with Gasteiger partial charge in [-0.1, -0.05) is 6.92 Å². The molecule has 1 saturated heterocycles. The summed E-state index contributed by atoms with van der Waals surface area (Å²) in [6.07, 6.45) is 2.87. The first-order valence-corrected chi connectivity index (χ1v) is 7.79. The molecule has 0 amide bonds. The third kappa shape index (κ3) is 4.55. The number of thioether (sulfide) groups is 2. The summed E-state index contributed by atoms with van der Waals surface area (Å²) in [6, 6.07) is 0. The van der Waals surface area contributed by atoms with Gasteiger partial charge in [0.1, 0.15) is 0 Å². The summed E-state index contributed by atoms with van der Waals surface area (Å²) in [6.45, 7) is 2.98. The van der Waals surface area contributed by atoms with Crippen LogP contribution >= 0.6 is 23.5 Å². The maximum Gasteiger partial charge on any atom is 0.0670 e. The zero-order valence-corrected chi connectivity index (χ0v) is 11.3. The van der Waals surface area contributed by atoms with E-state index in [1.807, 2.05) is 23.5 Å². The van der Waals surface area contributed by atoms with Gasteiger partial charge < -0.3 is 9.84 Å². The molecule has 0 aliphatic carbocycles. The van der Waals surface area contributed by atoms with Gasteiger partial charge >= 0.3 is 0 Å². The standard InChI is InChI=1S/C11H22O2S2/c1-3-10-11(15-8-7-14-10)9(12)5-4-6-13-2/h9-12H,3-8H2,1-2H3. The molecule has 3 atom stereocenters. The lowest BCUT2D eigenvalue weighted by Gasteiger charge is -2.33. The Bertz CT molecular complexity index is 167. The molecule has 1 heterocycles. The Balaban J connectivity index is 2.31. The lowest BCUT2D eigenvalue weighted by molar-refractivity contribution is 0.132. The Labute approximate surface area is 102 Å². The molecule has 1 aliphatic heterocycles. The number of aliphatic hydroxyl groups is 1. The van der Waals surface area contributed by atoms with Crippen LogP contribution in [0.4, 0.5) is 0 Å². The lowest BCUT2D eigenvalue weighted by Crippen LogP contribution is -2.36. The normalized spacial score (nSPS) is 29.0. The summed E-state index contributed by atoms with van der Waals surface area (Å²) in [5.41, 5.74) is 0. The fourth-order valence-corrected chi connectivity index (χ4v) is 5.08. The Morgan fingerprint density at radius 3 is 2.80 bits per heavy atom. The Morgan fingerprint density at radius 2 is 2.13 bits per heavy atom. The average molecular weight is 250 g/mol. The van der Waals surface area contributed by atoms with Crippen LogP contribution in [0.15, 0.2) is 0 Å². The number of hydrogen-bond acceptors (Lipinski definition) is 4. The molecule has 0 spiro atoms. The first-order chi connectivity index (χ1) is 7.29. The number of hydrogen-bond donors (Lipinski definition) is 1. The van der Waals surface area contributed by atoms with Crippen molar-refractivity contribution in [1.82, 2.24) is 0 Å². The minimum absolute atomic E-state index is 0.150. The number of rotatable bonds is 6. The molecular formula is C11H22O2S2. The van der Waals surface area contributed by atoms with Gasteiger partial charge in [0, 0.05) is 35.7 Å². The third-order valence-corrected chi connectivity index (χ3v) is 6.11. The fraction of sp³-hybridized carbons (Fsp3) is 1.00. The van der Waals surface area contributed by atoms with Gasteiger partial charge in [-0.3, -0.25) is 0 Å².